The number of nitrogens with one attached hydrogen (secondary N) is 1. The SMILES string of the molecule is CC(C)(C)CC(CC(=O)O)NC(=O)Cc1csc(N)n1. The Morgan fingerprint density at radius 3 is 2.60 bits per heavy atom. The van der Waals surface area contributed by atoms with E-state index < -0.39 is 5.97 Å². The Morgan fingerprint density at radius 2 is 2.15 bits per heavy atom. The molecule has 1 rings (SSSR count). The molecule has 1 aromatic heterocycles. The number of nitrogen functional groups attached to an aromatic ring is 1. The van der Waals surface area contributed by atoms with E-state index in [1.807, 2.05) is 20.8 Å². The first-order valence-corrected chi connectivity index (χ1v) is 7.25. The lowest BCUT2D eigenvalue weighted by Crippen LogP contribution is -2.39. The predicted octanol–water partition coefficient (Wildman–Crippen LogP) is 1.66. The second-order valence-electron chi connectivity index (χ2n) is 5.98. The normalized spacial score (nSPS) is 12.9. The number of carboxylic acids is 1. The number of aromatic nitrogens is 1. The van der Waals surface area contributed by atoms with E-state index in [1.165, 1.54) is 11.3 Å². The fourth-order valence-corrected chi connectivity index (χ4v) is 2.53. The number of amides is 1. The average Bonchev–Trinajstić information content (AvgIpc) is 2.59. The summed E-state index contributed by atoms with van der Waals surface area (Å²) in [6, 6.07) is -0.379. The van der Waals surface area contributed by atoms with Crippen molar-refractivity contribution in [3.8, 4) is 0 Å². The number of carboxylic acid groups (broad SMARTS) is 1. The van der Waals surface area contributed by atoms with E-state index in [4.69, 9.17) is 10.8 Å². The highest BCUT2D eigenvalue weighted by atomic mass is 32.1. The summed E-state index contributed by atoms with van der Waals surface area (Å²) in [6.07, 6.45) is 0.639. The third kappa shape index (κ3) is 6.51. The summed E-state index contributed by atoms with van der Waals surface area (Å²) in [6.45, 7) is 6.03. The number of nitrogens with two attached hydrogens (primary N) is 1. The van der Waals surface area contributed by atoms with Crippen LogP contribution in [0.15, 0.2) is 5.38 Å². The van der Waals surface area contributed by atoms with E-state index in [9.17, 15) is 9.59 Å². The smallest absolute Gasteiger partial charge is 0.305 e. The van der Waals surface area contributed by atoms with Crippen LogP contribution in [0.4, 0.5) is 5.13 Å². The van der Waals surface area contributed by atoms with Gasteiger partial charge in [-0.2, -0.15) is 0 Å². The Balaban J connectivity index is 2.59. The minimum atomic E-state index is -0.919. The lowest BCUT2D eigenvalue weighted by molar-refractivity contribution is -0.137. The van der Waals surface area contributed by atoms with E-state index in [-0.39, 0.29) is 30.2 Å². The van der Waals surface area contributed by atoms with Gasteiger partial charge in [0.2, 0.25) is 5.91 Å². The lowest BCUT2D eigenvalue weighted by Gasteiger charge is -2.25. The highest BCUT2D eigenvalue weighted by molar-refractivity contribution is 7.13. The molecule has 7 heteroatoms. The van der Waals surface area contributed by atoms with Crippen molar-refractivity contribution >= 4 is 28.3 Å². The standard InChI is InChI=1S/C13H21N3O3S/c1-13(2,3)6-8(5-11(18)19)15-10(17)4-9-7-20-12(14)16-9/h7-8H,4-6H2,1-3H3,(H2,14,16)(H,15,17)(H,18,19). The van der Waals surface area contributed by atoms with Gasteiger partial charge in [-0.3, -0.25) is 9.59 Å². The molecule has 0 fully saturated rings. The summed E-state index contributed by atoms with van der Waals surface area (Å²) in [5.41, 5.74) is 6.05. The maximum Gasteiger partial charge on any atom is 0.305 e. The first-order chi connectivity index (χ1) is 9.15. The molecule has 0 radical (unpaired) electrons. The average molecular weight is 299 g/mol. The monoisotopic (exact) mass is 299 g/mol. The third-order valence-corrected chi connectivity index (χ3v) is 3.28. The van der Waals surface area contributed by atoms with Gasteiger partial charge < -0.3 is 16.2 Å². The van der Waals surface area contributed by atoms with Crippen LogP contribution in [0.2, 0.25) is 0 Å². The van der Waals surface area contributed by atoms with Gasteiger partial charge in [-0.05, 0) is 11.8 Å². The molecule has 0 saturated heterocycles. The van der Waals surface area contributed by atoms with E-state index >= 15 is 0 Å². The first kappa shape index (κ1) is 16.4. The lowest BCUT2D eigenvalue weighted by atomic mass is 9.87. The summed E-state index contributed by atoms with van der Waals surface area (Å²) >= 11 is 1.28. The summed E-state index contributed by atoms with van der Waals surface area (Å²) in [5, 5.41) is 13.8. The molecule has 20 heavy (non-hydrogen) atoms. The van der Waals surface area contributed by atoms with E-state index in [0.29, 0.717) is 17.2 Å². The Labute approximate surface area is 122 Å². The molecule has 112 valence electrons. The zero-order chi connectivity index (χ0) is 15.3. The predicted molar refractivity (Wildman–Crippen MR) is 78.5 cm³/mol. The molecule has 0 aromatic carbocycles. The van der Waals surface area contributed by atoms with Crippen molar-refractivity contribution in [3.63, 3.8) is 0 Å². The van der Waals surface area contributed by atoms with Crippen LogP contribution in [0.25, 0.3) is 0 Å². The van der Waals surface area contributed by atoms with Gasteiger partial charge in [-0.15, -0.1) is 11.3 Å². The van der Waals surface area contributed by atoms with Crippen LogP contribution in [-0.4, -0.2) is 28.0 Å². The number of rotatable bonds is 6. The van der Waals surface area contributed by atoms with Crippen molar-refractivity contribution in [1.29, 1.82) is 0 Å². The molecule has 1 aromatic rings. The van der Waals surface area contributed by atoms with Crippen molar-refractivity contribution in [2.24, 2.45) is 5.41 Å². The molecule has 6 nitrogen and oxygen atoms in total. The van der Waals surface area contributed by atoms with Gasteiger partial charge in [-0.25, -0.2) is 4.98 Å². The number of aliphatic carboxylic acids is 1. The van der Waals surface area contributed by atoms with Crippen molar-refractivity contribution in [3.05, 3.63) is 11.1 Å². The Bertz CT molecular complexity index is 479. The van der Waals surface area contributed by atoms with Gasteiger partial charge in [0, 0.05) is 11.4 Å². The quantitative estimate of drug-likeness (QED) is 0.741. The van der Waals surface area contributed by atoms with Crippen LogP contribution < -0.4 is 11.1 Å². The fourth-order valence-electron chi connectivity index (χ4n) is 1.97. The second kappa shape index (κ2) is 6.69. The van der Waals surface area contributed by atoms with Gasteiger partial charge in [-0.1, -0.05) is 20.8 Å². The van der Waals surface area contributed by atoms with Gasteiger partial charge in [0.1, 0.15) is 0 Å². The number of carbonyl (C=O) groups is 2. The molecule has 0 aliphatic rings. The number of anilines is 1. The number of hydrogen-bond donors (Lipinski definition) is 3. The minimum Gasteiger partial charge on any atom is -0.481 e. The van der Waals surface area contributed by atoms with Gasteiger partial charge in [0.15, 0.2) is 5.13 Å². The molecule has 0 saturated carbocycles. The van der Waals surface area contributed by atoms with Crippen LogP contribution in [-0.2, 0) is 16.0 Å². The van der Waals surface area contributed by atoms with Crippen molar-refractivity contribution in [2.45, 2.75) is 46.1 Å². The number of nitrogens with zero attached hydrogens (tertiary/aromatic N) is 1. The molecule has 0 aliphatic heterocycles. The van der Waals surface area contributed by atoms with Crippen molar-refractivity contribution < 1.29 is 14.7 Å². The molecule has 1 unspecified atom stereocenters. The summed E-state index contributed by atoms with van der Waals surface area (Å²) < 4.78 is 0. The van der Waals surface area contributed by atoms with E-state index in [2.05, 4.69) is 10.3 Å². The number of hydrogen-bond acceptors (Lipinski definition) is 5. The Kier molecular flexibility index (Phi) is 5.50. The summed E-state index contributed by atoms with van der Waals surface area (Å²) in [7, 11) is 0. The van der Waals surface area contributed by atoms with Crippen molar-refractivity contribution in [1.82, 2.24) is 10.3 Å². The molecule has 1 amide bonds. The molecular formula is C13H21N3O3S. The first-order valence-electron chi connectivity index (χ1n) is 6.37. The molecule has 0 aliphatic carbocycles. The zero-order valence-corrected chi connectivity index (χ0v) is 12.8. The second-order valence-corrected chi connectivity index (χ2v) is 6.87. The van der Waals surface area contributed by atoms with Crippen molar-refractivity contribution in [2.75, 3.05) is 5.73 Å². The van der Waals surface area contributed by atoms with Crippen LogP contribution >= 0.6 is 11.3 Å². The molecule has 0 spiro atoms. The van der Waals surface area contributed by atoms with Crippen LogP contribution in [0.3, 0.4) is 0 Å². The molecule has 1 heterocycles. The zero-order valence-electron chi connectivity index (χ0n) is 12.0. The Hall–Kier alpha value is -1.63. The van der Waals surface area contributed by atoms with Gasteiger partial charge in [0.25, 0.3) is 0 Å². The summed E-state index contributed by atoms with van der Waals surface area (Å²) in [5.74, 6) is -1.15. The minimum absolute atomic E-state index is 0.0571. The van der Waals surface area contributed by atoms with Crippen LogP contribution in [0, 0.1) is 5.41 Å². The maximum absolute atomic E-state index is 11.9. The molecular weight excluding hydrogens is 278 g/mol. The third-order valence-electron chi connectivity index (χ3n) is 2.56. The van der Waals surface area contributed by atoms with Gasteiger partial charge in [0.05, 0.1) is 18.5 Å². The van der Waals surface area contributed by atoms with Crippen LogP contribution in [0.1, 0.15) is 39.3 Å². The van der Waals surface area contributed by atoms with E-state index in [1.54, 1.807) is 5.38 Å². The maximum atomic E-state index is 11.9. The Morgan fingerprint density at radius 1 is 1.50 bits per heavy atom. The largest absolute Gasteiger partial charge is 0.481 e. The molecule has 1 atom stereocenters. The summed E-state index contributed by atoms with van der Waals surface area (Å²) in [4.78, 5) is 26.8. The highest BCUT2D eigenvalue weighted by Crippen LogP contribution is 2.22. The number of carbonyl (C=O) groups excluding carboxylic acids is 1. The molecule has 4 N–H and O–H groups in total. The highest BCUT2D eigenvalue weighted by Gasteiger charge is 2.23. The van der Waals surface area contributed by atoms with Crippen LogP contribution in [0.5, 0.6) is 0 Å². The fraction of sp³-hybridized carbons (Fsp3) is 0.615. The molecule has 0 bridgehead atoms. The topological polar surface area (TPSA) is 105 Å². The van der Waals surface area contributed by atoms with Gasteiger partial charge >= 0.3 is 5.97 Å². The van der Waals surface area contributed by atoms with E-state index in [0.717, 1.165) is 0 Å². The number of thiazole rings is 1.